The highest BCUT2D eigenvalue weighted by molar-refractivity contribution is 5.96. The number of halogens is 1. The van der Waals surface area contributed by atoms with Gasteiger partial charge < -0.3 is 10.1 Å². The molecule has 1 heterocycles. The number of methoxy groups -OCH3 is 1. The van der Waals surface area contributed by atoms with E-state index in [2.05, 4.69) is 15.0 Å². The van der Waals surface area contributed by atoms with Gasteiger partial charge in [-0.3, -0.25) is 4.79 Å². The Morgan fingerprint density at radius 2 is 2.06 bits per heavy atom. The van der Waals surface area contributed by atoms with E-state index in [1.54, 1.807) is 13.8 Å². The van der Waals surface area contributed by atoms with Gasteiger partial charge in [-0.15, -0.1) is 0 Å². The zero-order valence-electron chi connectivity index (χ0n) is 10.4. The number of esters is 1. The van der Waals surface area contributed by atoms with Crippen molar-refractivity contribution in [2.45, 2.75) is 19.9 Å². The molecule has 0 saturated carbocycles. The first-order valence-corrected chi connectivity index (χ1v) is 5.46. The Hall–Kier alpha value is -1.98. The highest BCUT2D eigenvalue weighted by Crippen LogP contribution is 2.06. The molecular weight excluding hydrogens is 239 g/mol. The molecule has 1 rings (SSSR count). The van der Waals surface area contributed by atoms with Gasteiger partial charge in [-0.1, -0.05) is 13.8 Å². The normalized spacial score (nSPS) is 12.1. The lowest BCUT2D eigenvalue weighted by molar-refractivity contribution is -0.144. The summed E-state index contributed by atoms with van der Waals surface area (Å²) in [4.78, 5) is 26.6. The molecule has 1 atom stereocenters. The smallest absolute Gasteiger partial charge is 0.328 e. The summed E-state index contributed by atoms with van der Waals surface area (Å²) < 4.78 is 17.2. The van der Waals surface area contributed by atoms with E-state index in [0.717, 1.165) is 12.3 Å². The van der Waals surface area contributed by atoms with Crippen LogP contribution in [0.5, 0.6) is 0 Å². The maximum Gasteiger partial charge on any atom is 0.328 e. The molecule has 0 fully saturated rings. The molecule has 6 heteroatoms. The molecule has 1 aromatic rings. The minimum atomic E-state index is -0.743. The van der Waals surface area contributed by atoms with E-state index in [9.17, 15) is 14.0 Å². The van der Waals surface area contributed by atoms with Gasteiger partial charge in [0.2, 0.25) is 5.95 Å². The molecular formula is C12H15FN2O3. The van der Waals surface area contributed by atoms with Crippen LogP contribution in [0.3, 0.4) is 0 Å². The number of aromatic nitrogens is 1. The van der Waals surface area contributed by atoms with Gasteiger partial charge in [-0.2, -0.15) is 4.39 Å². The zero-order chi connectivity index (χ0) is 13.7. The van der Waals surface area contributed by atoms with Crippen LogP contribution in [0, 0.1) is 11.9 Å². The molecule has 1 N–H and O–H groups in total. The molecule has 1 unspecified atom stereocenters. The van der Waals surface area contributed by atoms with E-state index in [4.69, 9.17) is 0 Å². The number of rotatable bonds is 4. The molecule has 0 bridgehead atoms. The summed E-state index contributed by atoms with van der Waals surface area (Å²) >= 11 is 0. The van der Waals surface area contributed by atoms with Gasteiger partial charge in [0, 0.05) is 6.20 Å². The van der Waals surface area contributed by atoms with Gasteiger partial charge in [0.1, 0.15) is 6.04 Å². The summed E-state index contributed by atoms with van der Waals surface area (Å²) in [7, 11) is 1.25. The minimum absolute atomic E-state index is 0.116. The molecule has 18 heavy (non-hydrogen) atoms. The molecule has 0 saturated heterocycles. The first-order valence-electron chi connectivity index (χ1n) is 5.46. The van der Waals surface area contributed by atoms with Crippen LogP contribution in [0.4, 0.5) is 4.39 Å². The van der Waals surface area contributed by atoms with Gasteiger partial charge in [0.25, 0.3) is 5.91 Å². The van der Waals surface area contributed by atoms with Crippen LogP contribution in [-0.4, -0.2) is 30.0 Å². The molecule has 98 valence electrons. The third kappa shape index (κ3) is 3.51. The van der Waals surface area contributed by atoms with Crippen molar-refractivity contribution in [2.75, 3.05) is 7.11 Å². The second kappa shape index (κ2) is 6.09. The lowest BCUT2D eigenvalue weighted by atomic mass is 10.0. The maximum absolute atomic E-state index is 12.6. The molecule has 5 nitrogen and oxygen atoms in total. The van der Waals surface area contributed by atoms with Gasteiger partial charge in [-0.25, -0.2) is 9.78 Å². The second-order valence-electron chi connectivity index (χ2n) is 4.09. The van der Waals surface area contributed by atoms with Crippen LogP contribution < -0.4 is 5.32 Å². The van der Waals surface area contributed by atoms with Crippen molar-refractivity contribution in [3.05, 3.63) is 29.8 Å². The van der Waals surface area contributed by atoms with Gasteiger partial charge in [0.15, 0.2) is 0 Å². The number of ether oxygens (including phenoxy) is 1. The average Bonchev–Trinajstić information content (AvgIpc) is 2.35. The molecule has 0 aromatic carbocycles. The van der Waals surface area contributed by atoms with Gasteiger partial charge in [0.05, 0.1) is 12.7 Å². The molecule has 0 aliphatic rings. The largest absolute Gasteiger partial charge is 0.467 e. The van der Waals surface area contributed by atoms with E-state index in [1.807, 2.05) is 0 Å². The van der Waals surface area contributed by atoms with Crippen LogP contribution in [0.1, 0.15) is 24.2 Å². The van der Waals surface area contributed by atoms with Crippen molar-refractivity contribution in [3.8, 4) is 0 Å². The van der Waals surface area contributed by atoms with Gasteiger partial charge in [-0.05, 0) is 18.1 Å². The average molecular weight is 254 g/mol. The number of pyridine rings is 1. The third-order valence-corrected chi connectivity index (χ3v) is 2.40. The summed E-state index contributed by atoms with van der Waals surface area (Å²) in [6.07, 6.45) is 1.11. The van der Waals surface area contributed by atoms with Crippen LogP contribution in [0.2, 0.25) is 0 Å². The van der Waals surface area contributed by atoms with E-state index >= 15 is 0 Å². The van der Waals surface area contributed by atoms with Crippen molar-refractivity contribution in [1.29, 1.82) is 0 Å². The van der Waals surface area contributed by atoms with Crippen molar-refractivity contribution >= 4 is 11.9 Å². The van der Waals surface area contributed by atoms with Gasteiger partial charge >= 0.3 is 5.97 Å². The number of nitrogens with one attached hydrogen (secondary N) is 1. The topological polar surface area (TPSA) is 68.3 Å². The fourth-order valence-electron chi connectivity index (χ4n) is 1.36. The van der Waals surface area contributed by atoms with E-state index in [-0.39, 0.29) is 11.5 Å². The fourth-order valence-corrected chi connectivity index (χ4v) is 1.36. The van der Waals surface area contributed by atoms with Crippen LogP contribution in [0.15, 0.2) is 18.3 Å². The van der Waals surface area contributed by atoms with Crippen molar-refractivity contribution in [1.82, 2.24) is 10.3 Å². The Balaban J connectivity index is 2.78. The predicted molar refractivity (Wildman–Crippen MR) is 62.3 cm³/mol. The SMILES string of the molecule is COC(=O)C(NC(=O)c1ccc(F)nc1)C(C)C. The van der Waals surface area contributed by atoms with E-state index in [0.29, 0.717) is 0 Å². The summed E-state index contributed by atoms with van der Waals surface area (Å²) in [5.74, 6) is -1.80. The lowest BCUT2D eigenvalue weighted by Gasteiger charge is -2.19. The summed E-state index contributed by atoms with van der Waals surface area (Å²) in [6, 6.07) is 1.64. The Morgan fingerprint density at radius 1 is 1.39 bits per heavy atom. The third-order valence-electron chi connectivity index (χ3n) is 2.40. The second-order valence-corrected chi connectivity index (χ2v) is 4.09. The monoisotopic (exact) mass is 254 g/mol. The highest BCUT2D eigenvalue weighted by atomic mass is 19.1. The Kier molecular flexibility index (Phi) is 4.76. The summed E-state index contributed by atoms with van der Waals surface area (Å²) in [6.45, 7) is 3.57. The van der Waals surface area contributed by atoms with Crippen molar-refractivity contribution in [3.63, 3.8) is 0 Å². The first-order chi connectivity index (χ1) is 8.45. The zero-order valence-corrected chi connectivity index (χ0v) is 10.4. The number of hydrogen-bond donors (Lipinski definition) is 1. The predicted octanol–water partition coefficient (Wildman–Crippen LogP) is 1.15. The molecule has 0 aliphatic carbocycles. The first kappa shape index (κ1) is 14.1. The van der Waals surface area contributed by atoms with Crippen molar-refractivity contribution < 1.29 is 18.7 Å². The standard InChI is InChI=1S/C12H15FN2O3/c1-7(2)10(12(17)18-3)15-11(16)8-4-5-9(13)14-6-8/h4-7,10H,1-3H3,(H,15,16). The highest BCUT2D eigenvalue weighted by Gasteiger charge is 2.25. The lowest BCUT2D eigenvalue weighted by Crippen LogP contribution is -2.45. The van der Waals surface area contributed by atoms with Crippen LogP contribution in [-0.2, 0) is 9.53 Å². The number of hydrogen-bond acceptors (Lipinski definition) is 4. The molecule has 0 radical (unpaired) electrons. The van der Waals surface area contributed by atoms with Crippen LogP contribution in [0.25, 0.3) is 0 Å². The number of carbonyl (C=O) groups excluding carboxylic acids is 2. The minimum Gasteiger partial charge on any atom is -0.467 e. The molecule has 1 aromatic heterocycles. The maximum atomic E-state index is 12.6. The number of carbonyl (C=O) groups is 2. The number of nitrogens with zero attached hydrogens (tertiary/aromatic N) is 1. The molecule has 0 aliphatic heterocycles. The summed E-state index contributed by atoms with van der Waals surface area (Å²) in [5.41, 5.74) is 0.186. The fraction of sp³-hybridized carbons (Fsp3) is 0.417. The number of amides is 1. The Labute approximate surface area is 104 Å². The van der Waals surface area contributed by atoms with Crippen molar-refractivity contribution in [2.24, 2.45) is 5.92 Å². The quantitative estimate of drug-likeness (QED) is 0.646. The van der Waals surface area contributed by atoms with Crippen LogP contribution >= 0.6 is 0 Å². The Morgan fingerprint density at radius 3 is 2.50 bits per heavy atom. The molecule has 1 amide bonds. The van der Waals surface area contributed by atoms with E-state index < -0.39 is 23.9 Å². The Bertz CT molecular complexity index is 431. The summed E-state index contributed by atoms with van der Waals surface area (Å²) in [5, 5.41) is 2.53. The molecule has 0 spiro atoms. The van der Waals surface area contributed by atoms with E-state index in [1.165, 1.54) is 13.2 Å².